The summed E-state index contributed by atoms with van der Waals surface area (Å²) in [6.45, 7) is 0.678. The van der Waals surface area contributed by atoms with Crippen LogP contribution in [0.5, 0.6) is 0 Å². The zero-order valence-corrected chi connectivity index (χ0v) is 13.8. The Morgan fingerprint density at radius 1 is 1.19 bits per heavy atom. The minimum absolute atomic E-state index is 0.0724. The molecule has 0 unspecified atom stereocenters. The van der Waals surface area contributed by atoms with Gasteiger partial charge < -0.3 is 10.0 Å². The van der Waals surface area contributed by atoms with Gasteiger partial charge in [0.05, 0.1) is 12.2 Å². The maximum Gasteiger partial charge on any atom is 0.255 e. The number of hydrogen-bond acceptors (Lipinski definition) is 3. The van der Waals surface area contributed by atoms with Gasteiger partial charge in [-0.3, -0.25) is 4.79 Å². The molecule has 0 aromatic heterocycles. The number of benzene rings is 2. The molecule has 0 aliphatic heterocycles. The van der Waals surface area contributed by atoms with E-state index in [1.807, 2.05) is 36.4 Å². The average molecular weight is 366 g/mol. The molecule has 1 N–H and O–H groups in total. The zero-order chi connectivity index (χ0) is 15.2. The van der Waals surface area contributed by atoms with E-state index in [9.17, 15) is 9.90 Å². The summed E-state index contributed by atoms with van der Waals surface area (Å²) in [4.78, 5) is 14.9. The highest BCUT2D eigenvalue weighted by atomic mass is 79.9. The van der Waals surface area contributed by atoms with E-state index >= 15 is 0 Å². The standard InChI is InChI=1S/C16H16BrNO2S/c17-13-6-7-14(15(21)10-13)16(20)18(8-9-19)11-12-4-2-1-3-5-12/h1-7,10,19,21H,8-9,11H2. The predicted molar refractivity (Wildman–Crippen MR) is 89.7 cm³/mol. The summed E-state index contributed by atoms with van der Waals surface area (Å²) in [6, 6.07) is 15.1. The van der Waals surface area contributed by atoms with Crippen molar-refractivity contribution < 1.29 is 9.90 Å². The van der Waals surface area contributed by atoms with Crippen molar-refractivity contribution in [3.05, 3.63) is 64.1 Å². The van der Waals surface area contributed by atoms with Crippen LogP contribution in [0.25, 0.3) is 0 Å². The van der Waals surface area contributed by atoms with Crippen molar-refractivity contribution in [2.75, 3.05) is 13.2 Å². The highest BCUT2D eigenvalue weighted by Gasteiger charge is 2.18. The van der Waals surface area contributed by atoms with E-state index in [-0.39, 0.29) is 19.1 Å². The molecule has 2 rings (SSSR count). The predicted octanol–water partition coefficient (Wildman–Crippen LogP) is 3.37. The number of aliphatic hydroxyl groups is 1. The lowest BCUT2D eigenvalue weighted by atomic mass is 10.1. The number of carbonyl (C=O) groups excluding carboxylic acids is 1. The van der Waals surface area contributed by atoms with Crippen LogP contribution in [0.4, 0.5) is 0 Å². The summed E-state index contributed by atoms with van der Waals surface area (Å²) in [5.41, 5.74) is 1.56. The summed E-state index contributed by atoms with van der Waals surface area (Å²) < 4.78 is 0.876. The second kappa shape index (κ2) is 7.64. The van der Waals surface area contributed by atoms with Gasteiger partial charge in [0.1, 0.15) is 0 Å². The maximum atomic E-state index is 12.6. The van der Waals surface area contributed by atoms with Crippen molar-refractivity contribution in [3.63, 3.8) is 0 Å². The first-order valence-corrected chi connectivity index (χ1v) is 7.78. The normalized spacial score (nSPS) is 10.4. The number of rotatable bonds is 5. The van der Waals surface area contributed by atoms with Crippen molar-refractivity contribution in [1.29, 1.82) is 0 Å². The van der Waals surface area contributed by atoms with Crippen LogP contribution in [-0.4, -0.2) is 29.1 Å². The number of nitrogens with zero attached hydrogens (tertiary/aromatic N) is 1. The van der Waals surface area contributed by atoms with Gasteiger partial charge >= 0.3 is 0 Å². The molecule has 1 amide bonds. The third kappa shape index (κ3) is 4.33. The topological polar surface area (TPSA) is 40.5 Å². The van der Waals surface area contributed by atoms with E-state index in [4.69, 9.17) is 0 Å². The van der Waals surface area contributed by atoms with Crippen LogP contribution in [0, 0.1) is 0 Å². The minimum atomic E-state index is -0.134. The highest BCUT2D eigenvalue weighted by molar-refractivity contribution is 9.10. The van der Waals surface area contributed by atoms with Gasteiger partial charge in [0.25, 0.3) is 5.91 Å². The van der Waals surface area contributed by atoms with Crippen molar-refractivity contribution in [2.24, 2.45) is 0 Å². The van der Waals surface area contributed by atoms with Gasteiger partial charge in [-0.05, 0) is 23.8 Å². The quantitative estimate of drug-likeness (QED) is 0.797. The van der Waals surface area contributed by atoms with Crippen molar-refractivity contribution in [3.8, 4) is 0 Å². The molecule has 0 bridgehead atoms. The minimum Gasteiger partial charge on any atom is -0.395 e. The van der Waals surface area contributed by atoms with Crippen molar-refractivity contribution in [1.82, 2.24) is 4.90 Å². The van der Waals surface area contributed by atoms with Gasteiger partial charge in [0.2, 0.25) is 0 Å². The Hall–Kier alpha value is -1.30. The zero-order valence-electron chi connectivity index (χ0n) is 11.4. The van der Waals surface area contributed by atoms with E-state index in [1.54, 1.807) is 17.0 Å². The number of amides is 1. The largest absolute Gasteiger partial charge is 0.395 e. The first-order chi connectivity index (χ1) is 10.1. The highest BCUT2D eigenvalue weighted by Crippen LogP contribution is 2.22. The van der Waals surface area contributed by atoms with Crippen LogP contribution in [0.15, 0.2) is 57.9 Å². The lowest BCUT2D eigenvalue weighted by Crippen LogP contribution is -2.33. The summed E-state index contributed by atoms with van der Waals surface area (Å²) in [5, 5.41) is 9.20. The van der Waals surface area contributed by atoms with E-state index in [0.717, 1.165) is 10.0 Å². The van der Waals surface area contributed by atoms with E-state index in [0.29, 0.717) is 17.0 Å². The van der Waals surface area contributed by atoms with Gasteiger partial charge in [-0.25, -0.2) is 0 Å². The SMILES string of the molecule is O=C(c1ccc(Br)cc1S)N(CCO)Cc1ccccc1. The molecule has 0 saturated heterocycles. The molecule has 0 atom stereocenters. The molecule has 0 aliphatic rings. The van der Waals surface area contributed by atoms with Gasteiger partial charge in [0.15, 0.2) is 0 Å². The van der Waals surface area contributed by atoms with Crippen LogP contribution in [0.2, 0.25) is 0 Å². The monoisotopic (exact) mass is 365 g/mol. The lowest BCUT2D eigenvalue weighted by Gasteiger charge is -2.22. The molecule has 2 aromatic rings. The van der Waals surface area contributed by atoms with Gasteiger partial charge in [-0.2, -0.15) is 0 Å². The second-order valence-corrected chi connectivity index (χ2v) is 5.99. The molecule has 0 aliphatic carbocycles. The number of hydrogen-bond donors (Lipinski definition) is 2. The van der Waals surface area contributed by atoms with Gasteiger partial charge in [0, 0.05) is 22.5 Å². The average Bonchev–Trinajstić information content (AvgIpc) is 2.47. The maximum absolute atomic E-state index is 12.6. The molecular weight excluding hydrogens is 350 g/mol. The molecule has 0 saturated carbocycles. The first-order valence-electron chi connectivity index (χ1n) is 6.54. The summed E-state index contributed by atoms with van der Waals surface area (Å²) in [7, 11) is 0. The Balaban J connectivity index is 2.23. The number of thiol groups is 1. The fourth-order valence-electron chi connectivity index (χ4n) is 2.03. The van der Waals surface area contributed by atoms with Crippen LogP contribution in [-0.2, 0) is 6.54 Å². The molecule has 21 heavy (non-hydrogen) atoms. The first kappa shape index (κ1) is 16.1. The third-order valence-electron chi connectivity index (χ3n) is 3.06. The van der Waals surface area contributed by atoms with Crippen LogP contribution in [0.3, 0.4) is 0 Å². The molecule has 5 heteroatoms. The lowest BCUT2D eigenvalue weighted by molar-refractivity contribution is 0.0704. The Morgan fingerprint density at radius 3 is 2.52 bits per heavy atom. The van der Waals surface area contributed by atoms with E-state index in [1.165, 1.54) is 0 Å². The Labute approximate surface area is 138 Å². The molecule has 2 aromatic carbocycles. The Kier molecular flexibility index (Phi) is 5.85. The van der Waals surface area contributed by atoms with Gasteiger partial charge in [-0.1, -0.05) is 46.3 Å². The van der Waals surface area contributed by atoms with Crippen LogP contribution >= 0.6 is 28.6 Å². The van der Waals surface area contributed by atoms with E-state index in [2.05, 4.69) is 28.6 Å². The fraction of sp³-hybridized carbons (Fsp3) is 0.188. The fourth-order valence-corrected chi connectivity index (χ4v) is 2.88. The molecule has 110 valence electrons. The number of halogens is 1. The van der Waals surface area contributed by atoms with Crippen molar-refractivity contribution in [2.45, 2.75) is 11.4 Å². The Morgan fingerprint density at radius 2 is 1.90 bits per heavy atom. The van der Waals surface area contributed by atoms with Crippen LogP contribution in [0.1, 0.15) is 15.9 Å². The molecule has 3 nitrogen and oxygen atoms in total. The van der Waals surface area contributed by atoms with Crippen molar-refractivity contribution >= 4 is 34.5 Å². The number of aliphatic hydroxyl groups excluding tert-OH is 1. The third-order valence-corrected chi connectivity index (χ3v) is 3.93. The molecule has 0 spiro atoms. The molecular formula is C16H16BrNO2S. The van der Waals surface area contributed by atoms with E-state index < -0.39 is 0 Å². The van der Waals surface area contributed by atoms with Gasteiger partial charge in [-0.15, -0.1) is 12.6 Å². The molecule has 0 heterocycles. The Bertz CT molecular complexity index is 619. The smallest absolute Gasteiger partial charge is 0.255 e. The second-order valence-electron chi connectivity index (χ2n) is 4.60. The number of carbonyl (C=O) groups is 1. The molecule has 0 radical (unpaired) electrons. The summed E-state index contributed by atoms with van der Waals surface area (Å²) in [6.07, 6.45) is 0. The molecule has 0 fully saturated rings. The summed E-state index contributed by atoms with van der Waals surface area (Å²) in [5.74, 6) is -0.134. The van der Waals surface area contributed by atoms with Crippen LogP contribution < -0.4 is 0 Å². The summed E-state index contributed by atoms with van der Waals surface area (Å²) >= 11 is 7.71.